The van der Waals surface area contributed by atoms with Crippen LogP contribution >= 0.6 is 0 Å². The van der Waals surface area contributed by atoms with Crippen molar-refractivity contribution >= 4 is 27.5 Å². The highest BCUT2D eigenvalue weighted by molar-refractivity contribution is 7.89. The first-order chi connectivity index (χ1) is 12.4. The van der Waals surface area contributed by atoms with E-state index >= 15 is 0 Å². The number of nitrogens with zero attached hydrogens (tertiary/aromatic N) is 1. The fourth-order valence-electron chi connectivity index (χ4n) is 3.28. The monoisotopic (exact) mass is 379 g/mol. The molecule has 1 aliphatic carbocycles. The normalized spacial score (nSPS) is 21.5. The van der Waals surface area contributed by atoms with Gasteiger partial charge in [-0.15, -0.1) is 0 Å². The Morgan fingerprint density at radius 2 is 1.92 bits per heavy atom. The number of anilines is 1. The van der Waals surface area contributed by atoms with Crippen LogP contribution in [-0.4, -0.2) is 50.3 Å². The molecule has 2 aliphatic heterocycles. The van der Waals surface area contributed by atoms with Gasteiger partial charge >= 0.3 is 0 Å². The van der Waals surface area contributed by atoms with Crippen LogP contribution in [0.5, 0.6) is 5.75 Å². The second kappa shape index (κ2) is 6.55. The fraction of sp³-hybridized carbons (Fsp3) is 0.529. The number of sulfonamides is 1. The number of carbonyl (C=O) groups excluding carboxylic acids is 2. The van der Waals surface area contributed by atoms with Crippen LogP contribution in [0.15, 0.2) is 23.1 Å². The van der Waals surface area contributed by atoms with Crippen LogP contribution in [-0.2, 0) is 19.6 Å². The van der Waals surface area contributed by atoms with Crippen molar-refractivity contribution in [1.82, 2.24) is 9.62 Å². The number of piperidine rings is 1. The van der Waals surface area contributed by atoms with Crippen LogP contribution in [0, 0.1) is 5.92 Å². The highest BCUT2D eigenvalue weighted by atomic mass is 32.2. The average Bonchev–Trinajstić information content (AvgIpc) is 3.45. The SMILES string of the molecule is O=C1COc2ccc(S(=O)(=O)N3CCC(C(=O)NC4CC4)CC3)cc2N1. The molecule has 1 aromatic rings. The molecular weight excluding hydrogens is 358 g/mol. The van der Waals surface area contributed by atoms with Crippen LogP contribution in [0.25, 0.3) is 0 Å². The third kappa shape index (κ3) is 3.41. The van der Waals surface area contributed by atoms with E-state index in [2.05, 4.69) is 10.6 Å². The Kier molecular flexibility index (Phi) is 4.36. The van der Waals surface area contributed by atoms with E-state index in [1.54, 1.807) is 6.07 Å². The summed E-state index contributed by atoms with van der Waals surface area (Å²) >= 11 is 0. The van der Waals surface area contributed by atoms with Crippen molar-refractivity contribution in [2.45, 2.75) is 36.6 Å². The second-order valence-corrected chi connectivity index (χ2v) is 8.89. The molecule has 1 saturated heterocycles. The summed E-state index contributed by atoms with van der Waals surface area (Å²) in [5.74, 6) is 0.0602. The van der Waals surface area contributed by atoms with Gasteiger partial charge in [0.2, 0.25) is 15.9 Å². The Bertz CT molecular complexity index is 842. The second-order valence-electron chi connectivity index (χ2n) is 6.96. The van der Waals surface area contributed by atoms with Crippen molar-refractivity contribution in [2.24, 2.45) is 5.92 Å². The van der Waals surface area contributed by atoms with E-state index in [9.17, 15) is 18.0 Å². The molecular formula is C17H21N3O5S. The van der Waals surface area contributed by atoms with Crippen molar-refractivity contribution in [3.05, 3.63) is 18.2 Å². The molecule has 0 atom stereocenters. The molecule has 8 nitrogen and oxygen atoms in total. The number of rotatable bonds is 4. The van der Waals surface area contributed by atoms with Gasteiger partial charge in [0.25, 0.3) is 5.91 Å². The van der Waals surface area contributed by atoms with Crippen molar-refractivity contribution in [2.75, 3.05) is 25.0 Å². The van der Waals surface area contributed by atoms with Gasteiger partial charge in [0.1, 0.15) is 5.75 Å². The van der Waals surface area contributed by atoms with Crippen LogP contribution in [0.4, 0.5) is 5.69 Å². The predicted molar refractivity (Wildman–Crippen MR) is 93.2 cm³/mol. The van der Waals surface area contributed by atoms with Gasteiger partial charge in [-0.1, -0.05) is 0 Å². The summed E-state index contributed by atoms with van der Waals surface area (Å²) in [4.78, 5) is 23.7. The van der Waals surface area contributed by atoms with E-state index in [0.29, 0.717) is 43.4 Å². The maximum atomic E-state index is 12.9. The standard InChI is InChI=1S/C17H21N3O5S/c21-16-10-25-15-4-3-13(9-14(15)19-16)26(23,24)20-7-5-11(6-8-20)17(22)18-12-1-2-12/h3-4,9,11-12H,1-2,5-8,10H2,(H,18,22)(H,19,21). The van der Waals surface area contributed by atoms with Crippen LogP contribution in [0.3, 0.4) is 0 Å². The lowest BCUT2D eigenvalue weighted by atomic mass is 9.97. The number of nitrogens with one attached hydrogen (secondary N) is 2. The molecule has 140 valence electrons. The molecule has 9 heteroatoms. The summed E-state index contributed by atoms with van der Waals surface area (Å²) in [6.07, 6.45) is 3.11. The van der Waals surface area contributed by atoms with Crippen molar-refractivity contribution < 1.29 is 22.7 Å². The minimum Gasteiger partial charge on any atom is -0.482 e. The highest BCUT2D eigenvalue weighted by Crippen LogP contribution is 2.32. The maximum absolute atomic E-state index is 12.9. The number of carbonyl (C=O) groups is 2. The molecule has 2 fully saturated rings. The van der Waals surface area contributed by atoms with Gasteiger partial charge in [0.15, 0.2) is 6.61 Å². The zero-order valence-electron chi connectivity index (χ0n) is 14.2. The molecule has 1 aromatic carbocycles. The predicted octanol–water partition coefficient (Wildman–Crippen LogP) is 0.697. The van der Waals surface area contributed by atoms with Crippen molar-refractivity contribution in [1.29, 1.82) is 0 Å². The molecule has 0 spiro atoms. The first kappa shape index (κ1) is 17.3. The largest absolute Gasteiger partial charge is 0.482 e. The Balaban J connectivity index is 1.45. The summed E-state index contributed by atoms with van der Waals surface area (Å²) in [6.45, 7) is 0.547. The van der Waals surface area contributed by atoms with E-state index in [0.717, 1.165) is 12.8 Å². The van der Waals surface area contributed by atoms with Gasteiger partial charge in [-0.2, -0.15) is 4.31 Å². The van der Waals surface area contributed by atoms with Crippen LogP contribution in [0.2, 0.25) is 0 Å². The minimum absolute atomic E-state index is 0.0400. The Labute approximate surface area is 151 Å². The van der Waals surface area contributed by atoms with E-state index in [4.69, 9.17) is 4.74 Å². The Morgan fingerprint density at radius 1 is 1.19 bits per heavy atom. The van der Waals surface area contributed by atoms with E-state index < -0.39 is 10.0 Å². The average molecular weight is 379 g/mol. The van der Waals surface area contributed by atoms with Gasteiger partial charge in [-0.25, -0.2) is 8.42 Å². The smallest absolute Gasteiger partial charge is 0.262 e. The first-order valence-corrected chi connectivity index (χ1v) is 10.2. The summed E-state index contributed by atoms with van der Waals surface area (Å²) in [5, 5.41) is 5.61. The number of ether oxygens (including phenoxy) is 1. The van der Waals surface area contributed by atoms with Crippen molar-refractivity contribution in [3.8, 4) is 5.75 Å². The molecule has 0 bridgehead atoms. The Hall–Kier alpha value is -2.13. The van der Waals surface area contributed by atoms with Gasteiger partial charge in [0.05, 0.1) is 10.6 Å². The van der Waals surface area contributed by atoms with Gasteiger partial charge in [-0.05, 0) is 43.9 Å². The summed E-state index contributed by atoms with van der Waals surface area (Å²) in [5.41, 5.74) is 0.362. The minimum atomic E-state index is -3.68. The number of hydrogen-bond acceptors (Lipinski definition) is 5. The number of fused-ring (bicyclic) bond motifs is 1. The third-order valence-corrected chi connectivity index (χ3v) is 6.86. The molecule has 0 radical (unpaired) electrons. The first-order valence-electron chi connectivity index (χ1n) is 8.81. The fourth-order valence-corrected chi connectivity index (χ4v) is 4.77. The molecule has 3 aliphatic rings. The molecule has 1 saturated carbocycles. The number of amides is 2. The van der Waals surface area contributed by atoms with Crippen LogP contribution < -0.4 is 15.4 Å². The topological polar surface area (TPSA) is 105 Å². The molecule has 26 heavy (non-hydrogen) atoms. The molecule has 2 heterocycles. The maximum Gasteiger partial charge on any atom is 0.262 e. The molecule has 4 rings (SSSR count). The van der Waals surface area contributed by atoms with E-state index in [1.807, 2.05) is 0 Å². The molecule has 2 N–H and O–H groups in total. The highest BCUT2D eigenvalue weighted by Gasteiger charge is 2.34. The summed E-state index contributed by atoms with van der Waals surface area (Å²) in [7, 11) is -3.68. The lowest BCUT2D eigenvalue weighted by molar-refractivity contribution is -0.126. The molecule has 0 aromatic heterocycles. The van der Waals surface area contributed by atoms with Gasteiger partial charge in [0, 0.05) is 25.0 Å². The van der Waals surface area contributed by atoms with E-state index in [-0.39, 0.29) is 29.2 Å². The van der Waals surface area contributed by atoms with Gasteiger partial charge in [-0.3, -0.25) is 9.59 Å². The number of benzene rings is 1. The Morgan fingerprint density at radius 3 is 2.62 bits per heavy atom. The molecule has 2 amide bonds. The van der Waals surface area contributed by atoms with Crippen LogP contribution in [0.1, 0.15) is 25.7 Å². The summed E-state index contributed by atoms with van der Waals surface area (Å²) < 4.78 is 32.4. The zero-order chi connectivity index (χ0) is 18.3. The third-order valence-electron chi connectivity index (χ3n) is 4.97. The quantitative estimate of drug-likeness (QED) is 0.801. The summed E-state index contributed by atoms with van der Waals surface area (Å²) in [6, 6.07) is 4.78. The molecule has 0 unspecified atom stereocenters. The van der Waals surface area contributed by atoms with Crippen molar-refractivity contribution in [3.63, 3.8) is 0 Å². The number of hydrogen-bond donors (Lipinski definition) is 2. The lowest BCUT2D eigenvalue weighted by Crippen LogP contribution is -2.43. The van der Waals surface area contributed by atoms with E-state index in [1.165, 1.54) is 16.4 Å². The zero-order valence-corrected chi connectivity index (χ0v) is 15.0. The van der Waals surface area contributed by atoms with Gasteiger partial charge < -0.3 is 15.4 Å². The lowest BCUT2D eigenvalue weighted by Gasteiger charge is -2.31.